The van der Waals surface area contributed by atoms with Crippen LogP contribution in [0.4, 0.5) is 0 Å². The molecule has 3 heteroatoms. The molecule has 20 heavy (non-hydrogen) atoms. The van der Waals surface area contributed by atoms with Gasteiger partial charge in [0.25, 0.3) is 0 Å². The Morgan fingerprint density at radius 3 is 2.85 bits per heavy atom. The van der Waals surface area contributed by atoms with Crippen molar-refractivity contribution in [1.29, 1.82) is 0 Å². The number of aryl methyl sites for hydroxylation is 3. The van der Waals surface area contributed by atoms with Crippen LogP contribution >= 0.6 is 0 Å². The maximum Gasteiger partial charge on any atom is 0.0486 e. The summed E-state index contributed by atoms with van der Waals surface area (Å²) in [6, 6.07) is 4.60. The number of nitrogens with zero attached hydrogens (tertiary/aromatic N) is 2. The molecule has 108 valence electrons. The standard InChI is InChI=1S/C17H25N3/c1-13-9-14(2)17-15(11-19(3)16(17)10-13)12-20-7-4-5-18-6-8-20/h9-11,18H,4-8,12H2,1-3H3. The minimum Gasteiger partial charge on any atom is -0.350 e. The van der Waals surface area contributed by atoms with Crippen LogP contribution in [0.15, 0.2) is 18.3 Å². The number of hydrogen-bond donors (Lipinski definition) is 1. The molecule has 0 unspecified atom stereocenters. The zero-order valence-electron chi connectivity index (χ0n) is 12.9. The van der Waals surface area contributed by atoms with E-state index in [1.54, 1.807) is 0 Å². The first-order chi connectivity index (χ1) is 9.65. The van der Waals surface area contributed by atoms with E-state index in [9.17, 15) is 0 Å². The summed E-state index contributed by atoms with van der Waals surface area (Å²) in [7, 11) is 2.16. The first kappa shape index (κ1) is 13.7. The van der Waals surface area contributed by atoms with Gasteiger partial charge in [-0.15, -0.1) is 0 Å². The molecule has 0 bridgehead atoms. The summed E-state index contributed by atoms with van der Waals surface area (Å²) in [6.45, 7) is 10.1. The highest BCUT2D eigenvalue weighted by Gasteiger charge is 2.14. The fraction of sp³-hybridized carbons (Fsp3) is 0.529. The highest BCUT2D eigenvalue weighted by molar-refractivity contribution is 5.87. The molecule has 2 heterocycles. The summed E-state index contributed by atoms with van der Waals surface area (Å²) in [5.74, 6) is 0. The van der Waals surface area contributed by atoms with Crippen molar-refractivity contribution in [2.45, 2.75) is 26.8 Å². The molecule has 1 aliphatic rings. The zero-order valence-corrected chi connectivity index (χ0v) is 12.9. The molecule has 0 amide bonds. The molecule has 1 saturated heterocycles. The van der Waals surface area contributed by atoms with Gasteiger partial charge in [-0.3, -0.25) is 4.90 Å². The Bertz CT molecular complexity index is 604. The fourth-order valence-corrected chi connectivity index (χ4v) is 3.43. The van der Waals surface area contributed by atoms with Crippen molar-refractivity contribution < 1.29 is 0 Å². The molecule has 1 aromatic heterocycles. The molecule has 1 aromatic carbocycles. The monoisotopic (exact) mass is 271 g/mol. The average molecular weight is 271 g/mol. The lowest BCUT2D eigenvalue weighted by atomic mass is 10.0. The molecule has 3 nitrogen and oxygen atoms in total. The van der Waals surface area contributed by atoms with Gasteiger partial charge >= 0.3 is 0 Å². The smallest absolute Gasteiger partial charge is 0.0486 e. The minimum atomic E-state index is 1.07. The Morgan fingerprint density at radius 2 is 2.00 bits per heavy atom. The number of benzene rings is 1. The molecule has 1 fully saturated rings. The van der Waals surface area contributed by atoms with Crippen molar-refractivity contribution in [2.24, 2.45) is 7.05 Å². The van der Waals surface area contributed by atoms with Gasteiger partial charge in [-0.05, 0) is 56.1 Å². The number of fused-ring (bicyclic) bond motifs is 1. The number of rotatable bonds is 2. The van der Waals surface area contributed by atoms with Gasteiger partial charge in [-0.2, -0.15) is 0 Å². The van der Waals surface area contributed by atoms with Crippen LogP contribution in [0.1, 0.15) is 23.1 Å². The van der Waals surface area contributed by atoms with E-state index in [1.807, 2.05) is 0 Å². The van der Waals surface area contributed by atoms with Gasteiger partial charge in [-0.25, -0.2) is 0 Å². The Morgan fingerprint density at radius 1 is 1.15 bits per heavy atom. The predicted molar refractivity (Wildman–Crippen MR) is 85.2 cm³/mol. The first-order valence-electron chi connectivity index (χ1n) is 7.63. The Hall–Kier alpha value is -1.32. The average Bonchev–Trinajstić information content (AvgIpc) is 2.59. The molecule has 1 N–H and O–H groups in total. The van der Waals surface area contributed by atoms with Crippen LogP contribution in [0.5, 0.6) is 0 Å². The third-order valence-electron chi connectivity index (χ3n) is 4.34. The van der Waals surface area contributed by atoms with Crippen LogP contribution in [0.2, 0.25) is 0 Å². The van der Waals surface area contributed by atoms with Gasteiger partial charge in [0.1, 0.15) is 0 Å². The van der Waals surface area contributed by atoms with E-state index in [2.05, 4.69) is 54.0 Å². The minimum absolute atomic E-state index is 1.07. The van der Waals surface area contributed by atoms with Gasteiger partial charge < -0.3 is 9.88 Å². The summed E-state index contributed by atoms with van der Waals surface area (Å²) in [4.78, 5) is 2.58. The lowest BCUT2D eigenvalue weighted by Gasteiger charge is -2.19. The molecule has 0 atom stereocenters. The summed E-state index contributed by atoms with van der Waals surface area (Å²) >= 11 is 0. The van der Waals surface area contributed by atoms with E-state index in [4.69, 9.17) is 0 Å². The normalized spacial score (nSPS) is 17.6. The topological polar surface area (TPSA) is 20.2 Å². The molecule has 0 aliphatic carbocycles. The SMILES string of the molecule is Cc1cc(C)c2c(CN3CCCNCC3)cn(C)c2c1. The molecule has 0 saturated carbocycles. The van der Waals surface area contributed by atoms with Crippen LogP contribution in [0, 0.1) is 13.8 Å². The second kappa shape index (κ2) is 5.58. The van der Waals surface area contributed by atoms with Crippen molar-refractivity contribution in [3.05, 3.63) is 35.0 Å². The largest absolute Gasteiger partial charge is 0.350 e. The number of nitrogens with one attached hydrogen (secondary N) is 1. The van der Waals surface area contributed by atoms with Gasteiger partial charge in [-0.1, -0.05) is 6.07 Å². The lowest BCUT2D eigenvalue weighted by molar-refractivity contribution is 0.285. The Labute approximate surface area is 121 Å². The molecule has 0 radical (unpaired) electrons. The molecular formula is C17H25N3. The molecule has 2 aromatic rings. The van der Waals surface area contributed by atoms with Crippen LogP contribution in [-0.2, 0) is 13.6 Å². The third-order valence-corrected chi connectivity index (χ3v) is 4.34. The Kier molecular flexibility index (Phi) is 3.81. The molecule has 0 spiro atoms. The third kappa shape index (κ3) is 2.60. The number of hydrogen-bond acceptors (Lipinski definition) is 2. The van der Waals surface area contributed by atoms with Crippen LogP contribution < -0.4 is 5.32 Å². The van der Waals surface area contributed by atoms with Crippen LogP contribution in [0.3, 0.4) is 0 Å². The van der Waals surface area contributed by atoms with Crippen molar-refractivity contribution in [3.8, 4) is 0 Å². The van der Waals surface area contributed by atoms with E-state index in [-0.39, 0.29) is 0 Å². The van der Waals surface area contributed by atoms with Crippen LogP contribution in [-0.4, -0.2) is 35.6 Å². The second-order valence-corrected chi connectivity index (χ2v) is 6.12. The van der Waals surface area contributed by atoms with Crippen LogP contribution in [0.25, 0.3) is 10.9 Å². The maximum absolute atomic E-state index is 3.48. The van der Waals surface area contributed by atoms with Gasteiger partial charge in [0.2, 0.25) is 0 Å². The first-order valence-corrected chi connectivity index (χ1v) is 7.63. The summed E-state index contributed by atoms with van der Waals surface area (Å²) in [6.07, 6.45) is 3.57. The highest BCUT2D eigenvalue weighted by atomic mass is 15.2. The maximum atomic E-state index is 3.48. The van der Waals surface area contributed by atoms with Gasteiger partial charge in [0.15, 0.2) is 0 Å². The molecule has 3 rings (SSSR count). The van der Waals surface area contributed by atoms with Gasteiger partial charge in [0, 0.05) is 43.8 Å². The molecular weight excluding hydrogens is 246 g/mol. The predicted octanol–water partition coefficient (Wildman–Crippen LogP) is 2.59. The highest BCUT2D eigenvalue weighted by Crippen LogP contribution is 2.27. The van der Waals surface area contributed by atoms with Gasteiger partial charge in [0.05, 0.1) is 0 Å². The van der Waals surface area contributed by atoms with E-state index < -0.39 is 0 Å². The summed E-state index contributed by atoms with van der Waals surface area (Å²) < 4.78 is 2.28. The fourth-order valence-electron chi connectivity index (χ4n) is 3.43. The second-order valence-electron chi connectivity index (χ2n) is 6.12. The Balaban J connectivity index is 1.95. The van der Waals surface area contributed by atoms with E-state index in [1.165, 1.54) is 40.6 Å². The van der Waals surface area contributed by atoms with Crippen molar-refractivity contribution in [1.82, 2.24) is 14.8 Å². The van der Waals surface area contributed by atoms with Crippen molar-refractivity contribution >= 4 is 10.9 Å². The van der Waals surface area contributed by atoms with Crippen molar-refractivity contribution in [3.63, 3.8) is 0 Å². The van der Waals surface area contributed by atoms with E-state index in [0.29, 0.717) is 0 Å². The lowest BCUT2D eigenvalue weighted by Crippen LogP contribution is -2.27. The van der Waals surface area contributed by atoms with E-state index in [0.717, 1.165) is 26.2 Å². The summed E-state index contributed by atoms with van der Waals surface area (Å²) in [5.41, 5.74) is 5.60. The number of aromatic nitrogens is 1. The summed E-state index contributed by atoms with van der Waals surface area (Å²) in [5, 5.41) is 4.93. The quantitative estimate of drug-likeness (QED) is 0.906. The van der Waals surface area contributed by atoms with Crippen molar-refractivity contribution in [2.75, 3.05) is 26.2 Å². The van der Waals surface area contributed by atoms with E-state index >= 15 is 0 Å². The zero-order chi connectivity index (χ0) is 14.1. The molecule has 1 aliphatic heterocycles.